The fourth-order valence-electron chi connectivity index (χ4n) is 4.94. The van der Waals surface area contributed by atoms with Crippen molar-refractivity contribution in [1.82, 2.24) is 10.2 Å². The summed E-state index contributed by atoms with van der Waals surface area (Å²) in [6.45, 7) is 1.60. The maximum atomic E-state index is 14.4. The Morgan fingerprint density at radius 3 is 2.55 bits per heavy atom. The molecule has 0 bridgehead atoms. The highest BCUT2D eigenvalue weighted by Crippen LogP contribution is 2.44. The van der Waals surface area contributed by atoms with Crippen molar-refractivity contribution in [2.24, 2.45) is 0 Å². The molecule has 2 heterocycles. The Bertz CT molecular complexity index is 1860. The minimum atomic E-state index is -1.01. The van der Waals surface area contributed by atoms with E-state index >= 15 is 0 Å². The third-order valence-electron chi connectivity index (χ3n) is 7.15. The van der Waals surface area contributed by atoms with Gasteiger partial charge in [-0.2, -0.15) is 0 Å². The van der Waals surface area contributed by atoms with Gasteiger partial charge in [0.25, 0.3) is 5.78 Å². The predicted molar refractivity (Wildman–Crippen MR) is 162 cm³/mol. The van der Waals surface area contributed by atoms with Gasteiger partial charge < -0.3 is 9.84 Å². The Balaban J connectivity index is 1.38. The number of methoxy groups -OCH3 is 1. The highest BCUT2D eigenvalue weighted by molar-refractivity contribution is 8.00. The van der Waals surface area contributed by atoms with Crippen LogP contribution in [0.4, 0.5) is 9.52 Å². The molecule has 210 valence electrons. The molecule has 0 spiro atoms. The molecule has 1 N–H and O–H groups in total. The number of aromatic nitrogens is 2. The van der Waals surface area contributed by atoms with Crippen molar-refractivity contribution >= 4 is 56.5 Å². The number of aliphatic hydroxyl groups is 1. The summed E-state index contributed by atoms with van der Waals surface area (Å²) >= 11 is 2.67. The average Bonchev–Trinajstić information content (AvgIpc) is 3.58. The van der Waals surface area contributed by atoms with Gasteiger partial charge >= 0.3 is 5.91 Å². The van der Waals surface area contributed by atoms with Crippen molar-refractivity contribution in [2.45, 2.75) is 23.1 Å². The lowest BCUT2D eigenvalue weighted by Gasteiger charge is -2.22. The molecule has 1 unspecified atom stereocenters. The van der Waals surface area contributed by atoms with E-state index in [1.165, 1.54) is 47.2 Å². The summed E-state index contributed by atoms with van der Waals surface area (Å²) in [6, 6.07) is 24.3. The minimum Gasteiger partial charge on any atom is -0.507 e. The number of aryl methyl sites for hydroxylation is 1. The number of benzene rings is 4. The largest absolute Gasteiger partial charge is 0.507 e. The highest BCUT2D eigenvalue weighted by atomic mass is 32.2. The first-order valence-electron chi connectivity index (χ1n) is 13.0. The topological polar surface area (TPSA) is 92.6 Å². The zero-order valence-corrected chi connectivity index (χ0v) is 24.2. The lowest BCUT2D eigenvalue weighted by molar-refractivity contribution is -0.132. The predicted octanol–water partition coefficient (Wildman–Crippen LogP) is 7.07. The Morgan fingerprint density at radius 1 is 1.02 bits per heavy atom. The molecule has 0 radical (unpaired) electrons. The number of fused-ring (bicyclic) bond motifs is 1. The summed E-state index contributed by atoms with van der Waals surface area (Å²) in [7, 11) is 1.53. The zero-order chi connectivity index (χ0) is 29.4. The summed E-state index contributed by atoms with van der Waals surface area (Å²) in [4.78, 5) is 28.2. The number of carbonyl (C=O) groups is 2. The number of aliphatic hydroxyl groups excluding tert-OH is 1. The van der Waals surface area contributed by atoms with E-state index in [9.17, 15) is 19.1 Å². The van der Waals surface area contributed by atoms with Crippen LogP contribution in [-0.4, -0.2) is 34.1 Å². The van der Waals surface area contributed by atoms with E-state index in [-0.39, 0.29) is 16.3 Å². The van der Waals surface area contributed by atoms with Gasteiger partial charge in [0.15, 0.2) is 4.34 Å². The summed E-state index contributed by atoms with van der Waals surface area (Å²) in [5, 5.41) is 22.4. The van der Waals surface area contributed by atoms with E-state index in [4.69, 9.17) is 4.74 Å². The normalized spacial score (nSPS) is 16.4. The van der Waals surface area contributed by atoms with Crippen LogP contribution >= 0.6 is 23.1 Å². The third-order valence-corrected chi connectivity index (χ3v) is 9.26. The molecule has 0 aliphatic carbocycles. The molecule has 1 amide bonds. The molecular formula is C32H24FN3O4S2. The van der Waals surface area contributed by atoms with E-state index in [1.807, 2.05) is 18.2 Å². The third kappa shape index (κ3) is 5.03. The smallest absolute Gasteiger partial charge is 0.301 e. The number of ether oxygens (including phenoxy) is 1. The van der Waals surface area contributed by atoms with Crippen molar-refractivity contribution < 1.29 is 23.8 Å². The minimum absolute atomic E-state index is 0.0956. The number of anilines is 1. The summed E-state index contributed by atoms with van der Waals surface area (Å²) in [6.07, 6.45) is 0. The molecule has 42 heavy (non-hydrogen) atoms. The molecule has 1 aliphatic heterocycles. The van der Waals surface area contributed by atoms with Crippen molar-refractivity contribution in [1.29, 1.82) is 0 Å². The summed E-state index contributed by atoms with van der Waals surface area (Å²) in [5.41, 5.74) is 2.01. The molecule has 1 fully saturated rings. The molecular weight excluding hydrogens is 574 g/mol. The van der Waals surface area contributed by atoms with Crippen LogP contribution in [0.15, 0.2) is 94.8 Å². The number of rotatable bonds is 7. The van der Waals surface area contributed by atoms with Crippen molar-refractivity contribution in [3.05, 3.63) is 119 Å². The van der Waals surface area contributed by atoms with Crippen LogP contribution in [0.25, 0.3) is 16.5 Å². The second kappa shape index (κ2) is 11.4. The molecule has 6 rings (SSSR count). The number of thioether (sulfide) groups is 1. The standard InChI is InChI=1S/C32H24FN3O4S2/c1-18-10-11-21(16-25(18)33)28(37)26-27(20-12-14-23(40-2)15-13-20)36(30(39)29(26)38)31-34-35-32(42-31)41-17-22-8-5-7-19-6-3-4-9-24(19)22/h3-16,27,37H,17H2,1-2H3/b28-26+. The van der Waals surface area contributed by atoms with E-state index in [2.05, 4.69) is 34.5 Å². The number of amides is 1. The number of nitrogens with zero attached hydrogens (tertiary/aromatic N) is 3. The number of carbonyl (C=O) groups excluding carboxylic acids is 2. The van der Waals surface area contributed by atoms with E-state index in [1.54, 1.807) is 31.2 Å². The van der Waals surface area contributed by atoms with Crippen molar-refractivity contribution in [2.75, 3.05) is 12.0 Å². The molecule has 1 aliphatic rings. The van der Waals surface area contributed by atoms with Gasteiger partial charge in [-0.3, -0.25) is 14.5 Å². The van der Waals surface area contributed by atoms with E-state index in [0.29, 0.717) is 27.0 Å². The number of hydrogen-bond acceptors (Lipinski definition) is 8. The van der Waals surface area contributed by atoms with E-state index in [0.717, 1.165) is 22.4 Å². The Hall–Kier alpha value is -4.54. The molecule has 1 saturated heterocycles. The first-order valence-corrected chi connectivity index (χ1v) is 14.8. The van der Waals surface area contributed by atoms with Gasteiger partial charge in [-0.05, 0) is 52.6 Å². The van der Waals surface area contributed by atoms with Gasteiger partial charge in [-0.25, -0.2) is 4.39 Å². The van der Waals surface area contributed by atoms with Crippen LogP contribution in [0.2, 0.25) is 0 Å². The molecule has 4 aromatic carbocycles. The fraction of sp³-hybridized carbons (Fsp3) is 0.125. The highest BCUT2D eigenvalue weighted by Gasteiger charge is 2.48. The first-order chi connectivity index (χ1) is 20.4. The van der Waals surface area contributed by atoms with Crippen LogP contribution in [-0.2, 0) is 15.3 Å². The van der Waals surface area contributed by atoms with Crippen LogP contribution in [0.1, 0.15) is 28.3 Å². The van der Waals surface area contributed by atoms with Gasteiger partial charge in [0, 0.05) is 11.3 Å². The number of ketones is 1. The van der Waals surface area contributed by atoms with Gasteiger partial charge in [0.05, 0.1) is 18.7 Å². The Kier molecular flexibility index (Phi) is 7.49. The van der Waals surface area contributed by atoms with Crippen LogP contribution < -0.4 is 9.64 Å². The van der Waals surface area contributed by atoms with E-state index < -0.39 is 29.3 Å². The Labute approximate surface area is 249 Å². The van der Waals surface area contributed by atoms with Crippen molar-refractivity contribution in [3.8, 4) is 5.75 Å². The maximum absolute atomic E-state index is 14.4. The molecule has 5 aromatic rings. The molecule has 0 saturated carbocycles. The molecule has 7 nitrogen and oxygen atoms in total. The fourth-order valence-corrected chi connectivity index (χ4v) is 6.81. The number of halogens is 1. The monoisotopic (exact) mass is 597 g/mol. The molecule has 1 aromatic heterocycles. The maximum Gasteiger partial charge on any atom is 0.301 e. The number of hydrogen-bond donors (Lipinski definition) is 1. The van der Waals surface area contributed by atoms with Crippen LogP contribution in [0.5, 0.6) is 5.75 Å². The van der Waals surface area contributed by atoms with Gasteiger partial charge in [-0.15, -0.1) is 10.2 Å². The number of Topliss-reactive ketones (excluding diaryl/α,β-unsaturated/α-hetero) is 1. The zero-order valence-electron chi connectivity index (χ0n) is 22.6. The SMILES string of the molecule is COc1ccc(C2/C(=C(\O)c3ccc(C)c(F)c3)C(=O)C(=O)N2c2nnc(SCc3cccc4ccccc34)s2)cc1. The lowest BCUT2D eigenvalue weighted by Crippen LogP contribution is -2.29. The first kappa shape index (κ1) is 27.6. The molecule has 10 heteroatoms. The molecule has 1 atom stereocenters. The summed E-state index contributed by atoms with van der Waals surface area (Å²) < 4.78 is 20.3. The van der Waals surface area contributed by atoms with Gasteiger partial charge in [0.2, 0.25) is 5.13 Å². The second-order valence-electron chi connectivity index (χ2n) is 9.68. The van der Waals surface area contributed by atoms with Gasteiger partial charge in [-0.1, -0.05) is 89.8 Å². The second-order valence-corrected chi connectivity index (χ2v) is 11.9. The van der Waals surface area contributed by atoms with Crippen molar-refractivity contribution in [3.63, 3.8) is 0 Å². The van der Waals surface area contributed by atoms with Crippen LogP contribution in [0, 0.1) is 12.7 Å². The Morgan fingerprint density at radius 2 is 1.79 bits per heavy atom. The quantitative estimate of drug-likeness (QED) is 0.0706. The lowest BCUT2D eigenvalue weighted by atomic mass is 9.95. The van der Waals surface area contributed by atoms with Gasteiger partial charge in [0.1, 0.15) is 17.3 Å². The van der Waals surface area contributed by atoms with Crippen LogP contribution in [0.3, 0.4) is 0 Å². The summed E-state index contributed by atoms with van der Waals surface area (Å²) in [5.74, 6) is -1.53. The average molecular weight is 598 g/mol.